The number of aliphatic imine (C=N–C) groups is 1. The molecule has 5 nitrogen and oxygen atoms in total. The van der Waals surface area contributed by atoms with Crippen LogP contribution in [0.25, 0.3) is 0 Å². The molecule has 0 unspecified atom stereocenters. The molecule has 0 radical (unpaired) electrons. The van der Waals surface area contributed by atoms with Crippen LogP contribution in [0.2, 0.25) is 0 Å². The monoisotopic (exact) mass is 563 g/mol. The highest BCUT2D eigenvalue weighted by atomic mass is 127. The van der Waals surface area contributed by atoms with E-state index in [4.69, 9.17) is 0 Å². The van der Waals surface area contributed by atoms with Crippen molar-refractivity contribution in [2.45, 2.75) is 43.8 Å². The van der Waals surface area contributed by atoms with E-state index in [-0.39, 0.29) is 29.5 Å². The number of nitrogens with zero attached hydrogens (tertiary/aromatic N) is 3. The molecule has 3 rings (SSSR count). The summed E-state index contributed by atoms with van der Waals surface area (Å²) < 4.78 is 37.9. The first kappa shape index (κ1) is 25.0. The molecule has 1 saturated heterocycles. The number of hydrogen-bond donors (Lipinski definition) is 2. The first-order valence-electron chi connectivity index (χ1n) is 9.72. The molecule has 2 aliphatic rings. The number of hydrogen-bond acceptors (Lipinski definition) is 5. The topological polar surface area (TPSA) is 52.6 Å². The van der Waals surface area contributed by atoms with Crippen LogP contribution in [0.15, 0.2) is 10.4 Å². The molecule has 2 heterocycles. The van der Waals surface area contributed by atoms with Gasteiger partial charge in [0, 0.05) is 62.1 Å². The van der Waals surface area contributed by atoms with Gasteiger partial charge in [0.15, 0.2) is 11.7 Å². The molecule has 2 N–H and O–H groups in total. The van der Waals surface area contributed by atoms with Crippen LogP contribution in [0.1, 0.15) is 36.4 Å². The van der Waals surface area contributed by atoms with Crippen LogP contribution < -0.4 is 10.6 Å². The lowest BCUT2D eigenvalue weighted by molar-refractivity contribution is -0.140. The van der Waals surface area contributed by atoms with Gasteiger partial charge in [-0.2, -0.15) is 24.9 Å². The second-order valence-corrected chi connectivity index (χ2v) is 9.43. The Balaban J connectivity index is 0.00000300. The van der Waals surface area contributed by atoms with Crippen molar-refractivity contribution in [1.82, 2.24) is 20.5 Å². The van der Waals surface area contributed by atoms with Gasteiger partial charge in [0.05, 0.1) is 5.01 Å². The molecule has 166 valence electrons. The molecule has 0 aromatic carbocycles. The van der Waals surface area contributed by atoms with Crippen molar-refractivity contribution in [3.63, 3.8) is 0 Å². The Morgan fingerprint density at radius 3 is 2.52 bits per heavy atom. The van der Waals surface area contributed by atoms with Crippen LogP contribution in [0, 0.1) is 0 Å². The summed E-state index contributed by atoms with van der Waals surface area (Å²) in [6, 6.07) is 0. The summed E-state index contributed by atoms with van der Waals surface area (Å²) in [5.74, 6) is 3.09. The molecule has 0 amide bonds. The maximum absolute atomic E-state index is 12.6. The number of alkyl halides is 3. The zero-order chi connectivity index (χ0) is 20.0. The summed E-state index contributed by atoms with van der Waals surface area (Å²) >= 11 is 3.07. The third-order valence-corrected chi connectivity index (χ3v) is 7.35. The Kier molecular flexibility index (Phi) is 9.81. The average molecular weight is 563 g/mol. The van der Waals surface area contributed by atoms with Gasteiger partial charge in [-0.3, -0.25) is 9.89 Å². The van der Waals surface area contributed by atoms with Crippen LogP contribution in [-0.4, -0.2) is 66.1 Å². The van der Waals surface area contributed by atoms with E-state index in [1.54, 1.807) is 7.05 Å². The summed E-state index contributed by atoms with van der Waals surface area (Å²) in [5, 5.41) is 8.22. The predicted molar refractivity (Wildman–Crippen MR) is 126 cm³/mol. The molecule has 11 heteroatoms. The van der Waals surface area contributed by atoms with E-state index >= 15 is 0 Å². The summed E-state index contributed by atoms with van der Waals surface area (Å²) in [6.45, 7) is 3.64. The Labute approximate surface area is 195 Å². The minimum Gasteiger partial charge on any atom is -0.356 e. The molecule has 29 heavy (non-hydrogen) atoms. The molecule has 1 aliphatic carbocycles. The van der Waals surface area contributed by atoms with Crippen LogP contribution in [0.5, 0.6) is 0 Å². The van der Waals surface area contributed by atoms with Gasteiger partial charge in [-0.1, -0.05) is 12.8 Å². The molecule has 0 spiro atoms. The van der Waals surface area contributed by atoms with Crippen molar-refractivity contribution >= 4 is 53.0 Å². The number of aromatic nitrogens is 1. The maximum atomic E-state index is 12.6. The van der Waals surface area contributed by atoms with Crippen molar-refractivity contribution < 1.29 is 13.2 Å². The van der Waals surface area contributed by atoms with E-state index in [1.807, 2.05) is 11.8 Å². The van der Waals surface area contributed by atoms with Crippen molar-refractivity contribution in [2.24, 2.45) is 4.99 Å². The van der Waals surface area contributed by atoms with Gasteiger partial charge in [-0.25, -0.2) is 4.98 Å². The SMILES string of the molecule is CN=C(NCCc1nc(C(F)(F)F)cs1)NCC1(N2CCSCC2)CCCC1.I. The fourth-order valence-corrected chi connectivity index (χ4v) is 5.70. The third kappa shape index (κ3) is 6.86. The van der Waals surface area contributed by atoms with E-state index < -0.39 is 11.9 Å². The van der Waals surface area contributed by atoms with Crippen LogP contribution in [-0.2, 0) is 12.6 Å². The van der Waals surface area contributed by atoms with E-state index in [2.05, 4.69) is 25.5 Å². The van der Waals surface area contributed by atoms with Crippen LogP contribution >= 0.6 is 47.1 Å². The highest BCUT2D eigenvalue weighted by molar-refractivity contribution is 14.0. The molecular weight excluding hydrogens is 534 g/mol. The predicted octanol–water partition coefficient (Wildman–Crippen LogP) is 3.85. The van der Waals surface area contributed by atoms with Gasteiger partial charge < -0.3 is 10.6 Å². The van der Waals surface area contributed by atoms with E-state index in [0.29, 0.717) is 23.9 Å². The van der Waals surface area contributed by atoms with Crippen molar-refractivity contribution in [3.8, 4) is 0 Å². The molecule has 1 aliphatic heterocycles. The lowest BCUT2D eigenvalue weighted by atomic mass is 9.94. The summed E-state index contributed by atoms with van der Waals surface area (Å²) in [6.07, 6.45) is 1.02. The van der Waals surface area contributed by atoms with Gasteiger partial charge in [-0.15, -0.1) is 35.3 Å². The largest absolute Gasteiger partial charge is 0.434 e. The van der Waals surface area contributed by atoms with Crippen LogP contribution in [0.3, 0.4) is 0 Å². The normalized spacial score (nSPS) is 20.3. The molecule has 1 aromatic heterocycles. The molecule has 1 aromatic rings. The second-order valence-electron chi connectivity index (χ2n) is 7.26. The number of nitrogens with one attached hydrogen (secondary N) is 2. The zero-order valence-corrected chi connectivity index (χ0v) is 20.5. The fraction of sp³-hybridized carbons (Fsp3) is 0.778. The Bertz CT molecular complexity index is 656. The smallest absolute Gasteiger partial charge is 0.356 e. The molecular formula is C18H29F3IN5S2. The highest BCUT2D eigenvalue weighted by Gasteiger charge is 2.40. The first-order chi connectivity index (χ1) is 13.4. The lowest BCUT2D eigenvalue weighted by Crippen LogP contribution is -2.57. The summed E-state index contributed by atoms with van der Waals surface area (Å²) in [4.78, 5) is 10.6. The van der Waals surface area contributed by atoms with Gasteiger partial charge in [0.25, 0.3) is 0 Å². The number of thioether (sulfide) groups is 1. The van der Waals surface area contributed by atoms with Gasteiger partial charge in [0.2, 0.25) is 0 Å². The lowest BCUT2D eigenvalue weighted by Gasteiger charge is -2.43. The van der Waals surface area contributed by atoms with Crippen molar-refractivity contribution in [2.75, 3.05) is 44.7 Å². The van der Waals surface area contributed by atoms with Crippen LogP contribution in [0.4, 0.5) is 13.2 Å². The van der Waals surface area contributed by atoms with E-state index in [1.165, 1.54) is 37.2 Å². The average Bonchev–Trinajstić information content (AvgIpc) is 3.35. The van der Waals surface area contributed by atoms with E-state index in [9.17, 15) is 13.2 Å². The first-order valence-corrected chi connectivity index (χ1v) is 11.8. The Morgan fingerprint density at radius 2 is 1.93 bits per heavy atom. The fourth-order valence-electron chi connectivity index (χ4n) is 3.99. The number of rotatable bonds is 6. The number of guanidine groups is 1. The summed E-state index contributed by atoms with van der Waals surface area (Å²) in [5.41, 5.74) is -0.604. The molecule has 0 bridgehead atoms. The minimum atomic E-state index is -4.37. The highest BCUT2D eigenvalue weighted by Crippen LogP contribution is 2.36. The number of halogens is 4. The van der Waals surface area contributed by atoms with Crippen molar-refractivity contribution in [1.29, 1.82) is 0 Å². The standard InChI is InChI=1S/C18H28F3N5S2.HI/c1-22-16(23-7-4-15-25-14(12-28-15)18(19,20)21)24-13-17(5-2-3-6-17)26-8-10-27-11-9-26;/h12H,2-11,13H2,1H3,(H2,22,23,24);1H. The third-order valence-electron chi connectivity index (χ3n) is 5.50. The van der Waals surface area contributed by atoms with E-state index in [0.717, 1.165) is 36.4 Å². The quantitative estimate of drug-likeness (QED) is 0.313. The molecule has 0 atom stereocenters. The minimum absolute atomic E-state index is 0. The van der Waals surface area contributed by atoms with Gasteiger partial charge in [0.1, 0.15) is 0 Å². The maximum Gasteiger partial charge on any atom is 0.434 e. The zero-order valence-electron chi connectivity index (χ0n) is 16.6. The Hall–Kier alpha value is -0.270. The van der Waals surface area contributed by atoms with Gasteiger partial charge in [-0.05, 0) is 12.8 Å². The summed E-state index contributed by atoms with van der Waals surface area (Å²) in [7, 11) is 1.72. The van der Waals surface area contributed by atoms with Crippen molar-refractivity contribution in [3.05, 3.63) is 16.1 Å². The molecule has 1 saturated carbocycles. The van der Waals surface area contributed by atoms with Gasteiger partial charge >= 0.3 is 6.18 Å². The second kappa shape index (κ2) is 11.4. The number of thiazole rings is 1. The Morgan fingerprint density at radius 1 is 1.24 bits per heavy atom. The molecule has 2 fully saturated rings.